The molecule has 7 nitrogen and oxygen atoms in total. The number of piperazine rings is 1. The molecule has 2 aliphatic rings. The Morgan fingerprint density at radius 3 is 2.24 bits per heavy atom. The molecule has 4 rings (SSSR count). The molecule has 34 heavy (non-hydrogen) atoms. The first kappa shape index (κ1) is 27.1. The minimum atomic E-state index is -0.133. The molecular weight excluding hydrogens is 588 g/mol. The van der Waals surface area contributed by atoms with Crippen molar-refractivity contribution in [1.82, 2.24) is 14.7 Å². The number of nitrogens with one attached hydrogen (secondary N) is 1. The molecular formula is C24H29Br2ClN4O3. The summed E-state index contributed by atoms with van der Waals surface area (Å²) < 4.78 is 7.13. The topological polar surface area (TPSA) is 65.1 Å². The fraction of sp³-hybridized carbons (Fsp3) is 0.417. The smallest absolute Gasteiger partial charge is 0.255 e. The van der Waals surface area contributed by atoms with Crippen molar-refractivity contribution in [3.8, 4) is 0 Å². The van der Waals surface area contributed by atoms with Crippen LogP contribution in [0.1, 0.15) is 15.9 Å². The van der Waals surface area contributed by atoms with Crippen molar-refractivity contribution in [2.45, 2.75) is 6.54 Å². The highest BCUT2D eigenvalue weighted by Crippen LogP contribution is 2.32. The number of anilines is 1. The van der Waals surface area contributed by atoms with Gasteiger partial charge >= 0.3 is 0 Å². The highest BCUT2D eigenvalue weighted by molar-refractivity contribution is 9.11. The molecule has 2 aromatic rings. The van der Waals surface area contributed by atoms with Gasteiger partial charge in [0.25, 0.3) is 5.91 Å². The monoisotopic (exact) mass is 614 g/mol. The van der Waals surface area contributed by atoms with Crippen LogP contribution in [-0.4, -0.2) is 85.5 Å². The summed E-state index contributed by atoms with van der Waals surface area (Å²) in [6.45, 7) is 7.24. The van der Waals surface area contributed by atoms with E-state index < -0.39 is 0 Å². The van der Waals surface area contributed by atoms with E-state index in [4.69, 9.17) is 4.74 Å². The third kappa shape index (κ3) is 7.26. The number of nitrogens with zero attached hydrogens (tertiary/aromatic N) is 3. The van der Waals surface area contributed by atoms with Crippen LogP contribution < -0.4 is 5.32 Å². The summed E-state index contributed by atoms with van der Waals surface area (Å²) in [7, 11) is 0. The van der Waals surface area contributed by atoms with Crippen LogP contribution in [0.15, 0.2) is 51.4 Å². The number of rotatable bonds is 6. The van der Waals surface area contributed by atoms with E-state index in [1.54, 1.807) is 12.1 Å². The van der Waals surface area contributed by atoms with Crippen LogP contribution in [0.2, 0.25) is 0 Å². The maximum absolute atomic E-state index is 12.8. The maximum Gasteiger partial charge on any atom is 0.255 e. The lowest BCUT2D eigenvalue weighted by molar-refractivity contribution is -0.136. The summed E-state index contributed by atoms with van der Waals surface area (Å²) in [5.41, 5.74) is 2.45. The Balaban J connectivity index is 0.00000324. The molecule has 10 heteroatoms. The Hall–Kier alpha value is -1.49. The van der Waals surface area contributed by atoms with Crippen molar-refractivity contribution in [2.24, 2.45) is 0 Å². The molecule has 0 aromatic heterocycles. The molecule has 0 unspecified atom stereocenters. The largest absolute Gasteiger partial charge is 0.378 e. The molecule has 2 aromatic carbocycles. The first-order valence-corrected chi connectivity index (χ1v) is 12.7. The van der Waals surface area contributed by atoms with Crippen molar-refractivity contribution in [3.05, 3.63) is 62.5 Å². The van der Waals surface area contributed by atoms with E-state index in [9.17, 15) is 9.59 Å². The molecule has 0 spiro atoms. The van der Waals surface area contributed by atoms with Gasteiger partial charge in [0.1, 0.15) is 0 Å². The number of ether oxygens (including phenoxy) is 1. The minimum absolute atomic E-state index is 0. The van der Waals surface area contributed by atoms with Crippen LogP contribution in [0, 0.1) is 0 Å². The Labute approximate surface area is 223 Å². The maximum atomic E-state index is 12.8. The fourth-order valence-electron chi connectivity index (χ4n) is 4.12. The standard InChI is InChI=1S/C24H28Br2N4O3.ClH/c25-20-14-19(23(21(26)15-20)27-24(32)18-4-2-1-3-5-18)16-28-6-8-29(9-7-28)17-22(31)30-10-12-33-13-11-30;/h1-5,14-15H,6-13,16-17H2,(H,27,32);1H. The van der Waals surface area contributed by atoms with E-state index >= 15 is 0 Å². The second-order valence-corrected chi connectivity index (χ2v) is 10.1. The lowest BCUT2D eigenvalue weighted by Crippen LogP contribution is -2.51. The third-order valence-corrected chi connectivity index (χ3v) is 7.08. The van der Waals surface area contributed by atoms with Crippen molar-refractivity contribution >= 4 is 61.8 Å². The Morgan fingerprint density at radius 2 is 1.56 bits per heavy atom. The number of benzene rings is 2. The van der Waals surface area contributed by atoms with Crippen molar-refractivity contribution in [3.63, 3.8) is 0 Å². The quantitative estimate of drug-likeness (QED) is 0.534. The van der Waals surface area contributed by atoms with Gasteiger partial charge in [-0.1, -0.05) is 34.1 Å². The predicted molar refractivity (Wildman–Crippen MR) is 143 cm³/mol. The lowest BCUT2D eigenvalue weighted by Gasteiger charge is -2.36. The number of carbonyl (C=O) groups is 2. The molecule has 0 atom stereocenters. The van der Waals surface area contributed by atoms with Crippen LogP contribution in [-0.2, 0) is 16.1 Å². The van der Waals surface area contributed by atoms with Gasteiger partial charge < -0.3 is 15.0 Å². The zero-order valence-corrected chi connectivity index (χ0v) is 22.8. The van der Waals surface area contributed by atoms with Crippen LogP contribution in [0.25, 0.3) is 0 Å². The van der Waals surface area contributed by atoms with E-state index in [2.05, 4.69) is 53.0 Å². The summed E-state index contributed by atoms with van der Waals surface area (Å²) >= 11 is 7.19. The number of morpholine rings is 1. The molecule has 0 bridgehead atoms. The van der Waals surface area contributed by atoms with Gasteiger partial charge in [-0.3, -0.25) is 19.4 Å². The first-order chi connectivity index (χ1) is 16.0. The highest BCUT2D eigenvalue weighted by atomic mass is 79.9. The Kier molecular flexibility index (Phi) is 10.4. The van der Waals surface area contributed by atoms with Gasteiger partial charge in [0.2, 0.25) is 5.91 Å². The molecule has 2 saturated heterocycles. The van der Waals surface area contributed by atoms with Gasteiger partial charge in [0, 0.05) is 60.3 Å². The average Bonchev–Trinajstić information content (AvgIpc) is 2.83. The predicted octanol–water partition coefficient (Wildman–Crippen LogP) is 3.86. The molecule has 1 N–H and O–H groups in total. The molecule has 2 heterocycles. The third-order valence-electron chi connectivity index (χ3n) is 5.99. The molecule has 0 saturated carbocycles. The summed E-state index contributed by atoms with van der Waals surface area (Å²) in [6.07, 6.45) is 0. The second-order valence-electron chi connectivity index (χ2n) is 8.29. The van der Waals surface area contributed by atoms with E-state index in [1.165, 1.54) is 0 Å². The van der Waals surface area contributed by atoms with Gasteiger partial charge in [-0.05, 0) is 45.8 Å². The molecule has 2 fully saturated rings. The number of amides is 2. The van der Waals surface area contributed by atoms with Crippen LogP contribution in [0.3, 0.4) is 0 Å². The van der Waals surface area contributed by atoms with E-state index in [1.807, 2.05) is 29.2 Å². The Morgan fingerprint density at radius 1 is 0.912 bits per heavy atom. The Bertz CT molecular complexity index is 982. The summed E-state index contributed by atoms with van der Waals surface area (Å²) in [4.78, 5) is 31.8. The van der Waals surface area contributed by atoms with E-state index in [0.29, 0.717) is 45.0 Å². The molecule has 2 aliphatic heterocycles. The van der Waals surface area contributed by atoms with Crippen LogP contribution in [0.5, 0.6) is 0 Å². The van der Waals surface area contributed by atoms with Gasteiger partial charge in [-0.25, -0.2) is 0 Å². The summed E-state index contributed by atoms with van der Waals surface area (Å²) in [5, 5.41) is 3.08. The van der Waals surface area contributed by atoms with E-state index in [0.717, 1.165) is 46.4 Å². The molecule has 0 aliphatic carbocycles. The number of hydrogen-bond donors (Lipinski definition) is 1. The SMILES string of the molecule is Cl.O=C(Nc1c(Br)cc(Br)cc1CN1CCN(CC(=O)N2CCOCC2)CC1)c1ccccc1. The van der Waals surface area contributed by atoms with Gasteiger partial charge in [0.05, 0.1) is 25.4 Å². The average molecular weight is 617 g/mol. The first-order valence-electron chi connectivity index (χ1n) is 11.1. The number of carbonyl (C=O) groups excluding carboxylic acids is 2. The number of hydrogen-bond acceptors (Lipinski definition) is 5. The summed E-state index contributed by atoms with van der Waals surface area (Å²) in [5.74, 6) is 0.0555. The van der Waals surface area contributed by atoms with Crippen LogP contribution in [0.4, 0.5) is 5.69 Å². The van der Waals surface area contributed by atoms with E-state index in [-0.39, 0.29) is 24.2 Å². The number of halogens is 3. The minimum Gasteiger partial charge on any atom is -0.378 e. The summed E-state index contributed by atoms with van der Waals surface area (Å²) in [6, 6.07) is 13.2. The van der Waals surface area contributed by atoms with Crippen molar-refractivity contribution in [1.29, 1.82) is 0 Å². The molecule has 2 amide bonds. The van der Waals surface area contributed by atoms with Gasteiger partial charge in [-0.2, -0.15) is 0 Å². The lowest BCUT2D eigenvalue weighted by atomic mass is 10.1. The van der Waals surface area contributed by atoms with Crippen LogP contribution >= 0.6 is 44.3 Å². The van der Waals surface area contributed by atoms with Gasteiger partial charge in [-0.15, -0.1) is 12.4 Å². The normalized spacial score (nSPS) is 17.2. The molecule has 184 valence electrons. The van der Waals surface area contributed by atoms with Gasteiger partial charge in [0.15, 0.2) is 0 Å². The highest BCUT2D eigenvalue weighted by Gasteiger charge is 2.24. The zero-order valence-electron chi connectivity index (χ0n) is 18.8. The van der Waals surface area contributed by atoms with Crippen molar-refractivity contribution in [2.75, 3.05) is 64.3 Å². The second kappa shape index (κ2) is 13.0. The molecule has 0 radical (unpaired) electrons. The zero-order chi connectivity index (χ0) is 23.2. The fourth-order valence-corrected chi connectivity index (χ4v) is 5.53. The van der Waals surface area contributed by atoms with Crippen molar-refractivity contribution < 1.29 is 14.3 Å².